The van der Waals surface area contributed by atoms with Crippen molar-refractivity contribution in [2.75, 3.05) is 0 Å². The van der Waals surface area contributed by atoms with Gasteiger partial charge in [0.15, 0.2) is 5.70 Å². The maximum atomic E-state index is 12.2. The van der Waals surface area contributed by atoms with Crippen molar-refractivity contribution in [2.45, 2.75) is 0 Å². The minimum absolute atomic E-state index is 0.00217. The lowest BCUT2D eigenvalue weighted by atomic mass is 10.2. The van der Waals surface area contributed by atoms with Crippen LogP contribution in [-0.2, 0) is 9.53 Å². The predicted octanol–water partition coefficient (Wildman–Crippen LogP) is 5.51. The van der Waals surface area contributed by atoms with Gasteiger partial charge in [-0.2, -0.15) is 0 Å². The first kappa shape index (κ1) is 18.9. The van der Waals surface area contributed by atoms with Gasteiger partial charge < -0.3 is 9.15 Å². The van der Waals surface area contributed by atoms with Crippen LogP contribution in [0.2, 0.25) is 10.0 Å². The molecule has 1 aromatic heterocycles. The molecular weight excluding hydrogens is 419 g/mol. The monoisotopic (exact) mass is 428 g/mol. The van der Waals surface area contributed by atoms with Crippen LogP contribution in [-0.4, -0.2) is 16.8 Å². The highest BCUT2D eigenvalue weighted by molar-refractivity contribution is 6.33. The summed E-state index contributed by atoms with van der Waals surface area (Å²) in [6.07, 6.45) is 1.42. The molecular formula is C20H10Cl2N2O5. The van der Waals surface area contributed by atoms with Crippen LogP contribution in [0, 0.1) is 10.1 Å². The number of hydrogen-bond donors (Lipinski definition) is 0. The predicted molar refractivity (Wildman–Crippen MR) is 108 cm³/mol. The molecule has 1 aliphatic rings. The number of nitrogens with zero attached hydrogens (tertiary/aromatic N) is 2. The molecule has 29 heavy (non-hydrogen) atoms. The fourth-order valence-corrected chi connectivity index (χ4v) is 3.10. The van der Waals surface area contributed by atoms with Crippen LogP contribution in [0.15, 0.2) is 69.7 Å². The Bertz CT molecular complexity index is 1210. The average molecular weight is 429 g/mol. The number of halogens is 2. The molecule has 2 aromatic carbocycles. The lowest BCUT2D eigenvalue weighted by molar-refractivity contribution is -0.384. The molecule has 0 aliphatic carbocycles. The largest absolute Gasteiger partial charge is 0.457 e. The molecule has 0 saturated carbocycles. The van der Waals surface area contributed by atoms with Gasteiger partial charge in [-0.15, -0.1) is 0 Å². The van der Waals surface area contributed by atoms with E-state index in [2.05, 4.69) is 4.99 Å². The Morgan fingerprint density at radius 2 is 1.83 bits per heavy atom. The van der Waals surface area contributed by atoms with Gasteiger partial charge in [-0.1, -0.05) is 35.3 Å². The van der Waals surface area contributed by atoms with Gasteiger partial charge in [0.05, 0.1) is 9.95 Å². The van der Waals surface area contributed by atoms with Crippen LogP contribution in [0.25, 0.3) is 17.4 Å². The molecule has 4 rings (SSSR count). The van der Waals surface area contributed by atoms with Crippen molar-refractivity contribution < 1.29 is 18.9 Å². The fraction of sp³-hybridized carbons (Fsp3) is 0. The molecule has 9 heteroatoms. The van der Waals surface area contributed by atoms with E-state index in [1.807, 2.05) is 18.2 Å². The summed E-state index contributed by atoms with van der Waals surface area (Å²) < 4.78 is 10.9. The number of cyclic esters (lactones) is 1. The number of nitro groups is 1. The Hall–Kier alpha value is -3.42. The number of rotatable bonds is 4. The average Bonchev–Trinajstić information content (AvgIpc) is 3.30. The fourth-order valence-electron chi connectivity index (χ4n) is 2.69. The lowest BCUT2D eigenvalue weighted by Gasteiger charge is -2.00. The summed E-state index contributed by atoms with van der Waals surface area (Å²) in [7, 11) is 0. The zero-order valence-electron chi connectivity index (χ0n) is 14.5. The minimum Gasteiger partial charge on any atom is -0.457 e. The van der Waals surface area contributed by atoms with Crippen molar-refractivity contribution in [3.63, 3.8) is 0 Å². The van der Waals surface area contributed by atoms with E-state index < -0.39 is 10.9 Å². The van der Waals surface area contributed by atoms with Crippen molar-refractivity contribution in [3.8, 4) is 11.3 Å². The summed E-state index contributed by atoms with van der Waals surface area (Å²) in [6, 6.07) is 14.6. The lowest BCUT2D eigenvalue weighted by Crippen LogP contribution is -2.06. The van der Waals surface area contributed by atoms with Gasteiger partial charge in [0.25, 0.3) is 5.69 Å². The summed E-state index contributed by atoms with van der Waals surface area (Å²) in [5.41, 5.74) is 0.660. The second kappa shape index (κ2) is 7.54. The molecule has 0 N–H and O–H groups in total. The van der Waals surface area contributed by atoms with Crippen molar-refractivity contribution in [3.05, 3.63) is 91.8 Å². The molecule has 0 bridgehead atoms. The first-order valence-corrected chi connectivity index (χ1v) is 8.99. The minimum atomic E-state index is -0.701. The van der Waals surface area contributed by atoms with Crippen LogP contribution < -0.4 is 0 Å². The van der Waals surface area contributed by atoms with E-state index in [9.17, 15) is 14.9 Å². The molecule has 0 spiro atoms. The Balaban J connectivity index is 1.65. The number of hydrogen-bond acceptors (Lipinski definition) is 6. The maximum Gasteiger partial charge on any atom is 0.363 e. The highest BCUT2D eigenvalue weighted by Gasteiger charge is 2.26. The van der Waals surface area contributed by atoms with Crippen LogP contribution >= 0.6 is 23.2 Å². The molecule has 3 aromatic rings. The topological polar surface area (TPSA) is 94.9 Å². The van der Waals surface area contributed by atoms with E-state index in [1.54, 1.807) is 18.2 Å². The highest BCUT2D eigenvalue weighted by atomic mass is 35.5. The first-order chi connectivity index (χ1) is 13.9. The number of aliphatic imine (C=N–C) groups is 1. The van der Waals surface area contributed by atoms with Gasteiger partial charge >= 0.3 is 5.97 Å². The van der Waals surface area contributed by atoms with Crippen molar-refractivity contribution >= 4 is 46.8 Å². The van der Waals surface area contributed by atoms with Gasteiger partial charge in [0.1, 0.15) is 16.5 Å². The standard InChI is InChI=1S/C20H10Cl2N2O5/c21-14-4-2-1-3-13(14)18-8-6-12(28-18)10-16-20(25)29-19(23-16)11-5-7-15(22)17(9-11)24(26)27/h1-10H/b16-10-. The third-order valence-electron chi connectivity index (χ3n) is 4.06. The Morgan fingerprint density at radius 1 is 1.03 bits per heavy atom. The summed E-state index contributed by atoms with van der Waals surface area (Å²) in [5, 5.41) is 11.5. The van der Waals surface area contributed by atoms with Crippen molar-refractivity contribution in [2.24, 2.45) is 4.99 Å². The summed E-state index contributed by atoms with van der Waals surface area (Å²) in [5.74, 6) is 0.150. The third-order valence-corrected chi connectivity index (χ3v) is 4.70. The van der Waals surface area contributed by atoms with E-state index in [0.717, 1.165) is 0 Å². The first-order valence-electron chi connectivity index (χ1n) is 8.24. The molecule has 0 atom stereocenters. The molecule has 144 valence electrons. The SMILES string of the molecule is O=C1OC(c2ccc(Cl)c([N+](=O)[O-])c2)=N/C1=C\c1ccc(-c2ccccc2Cl)o1. The van der Waals surface area contributed by atoms with E-state index in [1.165, 1.54) is 24.3 Å². The van der Waals surface area contributed by atoms with Crippen LogP contribution in [0.1, 0.15) is 11.3 Å². The summed E-state index contributed by atoms with van der Waals surface area (Å²) >= 11 is 12.0. The number of carbonyl (C=O) groups is 1. The second-order valence-electron chi connectivity index (χ2n) is 5.94. The third kappa shape index (κ3) is 3.78. The van der Waals surface area contributed by atoms with Crippen LogP contribution in [0.5, 0.6) is 0 Å². The van der Waals surface area contributed by atoms with E-state index in [4.69, 9.17) is 32.4 Å². The summed E-state index contributed by atoms with van der Waals surface area (Å²) in [4.78, 5) is 26.7. The molecule has 0 saturated heterocycles. The highest BCUT2D eigenvalue weighted by Crippen LogP contribution is 2.31. The Kier molecular flexibility index (Phi) is 4.92. The number of esters is 1. The van der Waals surface area contributed by atoms with E-state index in [-0.39, 0.29) is 27.9 Å². The Morgan fingerprint density at radius 3 is 2.59 bits per heavy atom. The van der Waals surface area contributed by atoms with Gasteiger partial charge in [0.2, 0.25) is 5.90 Å². The normalized spacial score (nSPS) is 14.8. The molecule has 0 radical (unpaired) electrons. The van der Waals surface area contributed by atoms with Gasteiger partial charge in [-0.25, -0.2) is 9.79 Å². The van der Waals surface area contributed by atoms with Crippen LogP contribution in [0.3, 0.4) is 0 Å². The molecule has 0 unspecified atom stereocenters. The Labute approximate surface area is 174 Å². The summed E-state index contributed by atoms with van der Waals surface area (Å²) in [6.45, 7) is 0. The van der Waals surface area contributed by atoms with Gasteiger partial charge in [0, 0.05) is 23.3 Å². The van der Waals surface area contributed by atoms with Crippen LogP contribution in [0.4, 0.5) is 5.69 Å². The quantitative estimate of drug-likeness (QED) is 0.236. The second-order valence-corrected chi connectivity index (χ2v) is 6.76. The molecule has 0 amide bonds. The zero-order chi connectivity index (χ0) is 20.5. The van der Waals surface area contributed by atoms with E-state index >= 15 is 0 Å². The maximum absolute atomic E-state index is 12.2. The van der Waals surface area contributed by atoms with Gasteiger partial charge in [-0.3, -0.25) is 10.1 Å². The number of benzene rings is 2. The molecule has 0 fully saturated rings. The molecule has 7 nitrogen and oxygen atoms in total. The van der Waals surface area contributed by atoms with Crippen molar-refractivity contribution in [1.29, 1.82) is 0 Å². The number of carbonyl (C=O) groups excluding carboxylic acids is 1. The smallest absolute Gasteiger partial charge is 0.363 e. The molecule has 1 aliphatic heterocycles. The van der Waals surface area contributed by atoms with Crippen molar-refractivity contribution in [1.82, 2.24) is 0 Å². The zero-order valence-corrected chi connectivity index (χ0v) is 16.0. The van der Waals surface area contributed by atoms with Gasteiger partial charge in [-0.05, 0) is 36.4 Å². The number of furan rings is 1. The number of nitro benzene ring substituents is 1. The molecule has 2 heterocycles. The van der Waals surface area contributed by atoms with E-state index in [0.29, 0.717) is 22.1 Å². The number of ether oxygens (including phenoxy) is 1.